The predicted octanol–water partition coefficient (Wildman–Crippen LogP) is 3.00. The maximum Gasteiger partial charge on any atom is 0.263 e. The van der Waals surface area contributed by atoms with E-state index in [1.54, 1.807) is 62.1 Å². The number of methoxy groups -OCH3 is 2. The van der Waals surface area contributed by atoms with Gasteiger partial charge in [-0.2, -0.15) is 0 Å². The average molecular weight is 457 g/mol. The molecule has 2 aromatic rings. The summed E-state index contributed by atoms with van der Waals surface area (Å²) in [6, 6.07) is 14.5. The molecule has 1 heterocycles. The van der Waals surface area contributed by atoms with E-state index in [4.69, 9.17) is 18.9 Å². The molecule has 0 radical (unpaired) electrons. The van der Waals surface area contributed by atoms with Crippen LogP contribution in [-0.4, -0.2) is 74.2 Å². The smallest absolute Gasteiger partial charge is 0.263 e. The van der Waals surface area contributed by atoms with E-state index in [-0.39, 0.29) is 11.8 Å². The van der Waals surface area contributed by atoms with Gasteiger partial charge in [0.1, 0.15) is 0 Å². The van der Waals surface area contributed by atoms with Crippen molar-refractivity contribution < 1.29 is 28.5 Å². The first-order chi connectivity index (χ1) is 15.9. The van der Waals surface area contributed by atoms with Crippen molar-refractivity contribution in [1.82, 2.24) is 9.80 Å². The lowest BCUT2D eigenvalue weighted by Crippen LogP contribution is -2.45. The van der Waals surface area contributed by atoms with Crippen molar-refractivity contribution in [3.63, 3.8) is 0 Å². The molecule has 8 heteroatoms. The molecule has 0 aliphatic carbocycles. The monoisotopic (exact) mass is 456 g/mol. The molecule has 2 atom stereocenters. The summed E-state index contributed by atoms with van der Waals surface area (Å²) in [6.07, 6.45) is -0.659. The quantitative estimate of drug-likeness (QED) is 0.608. The summed E-state index contributed by atoms with van der Waals surface area (Å²) in [4.78, 5) is 29.5. The first kappa shape index (κ1) is 24.2. The van der Waals surface area contributed by atoms with Gasteiger partial charge in [0, 0.05) is 26.2 Å². The van der Waals surface area contributed by atoms with E-state index in [1.165, 1.54) is 0 Å². The van der Waals surface area contributed by atoms with Crippen molar-refractivity contribution >= 4 is 11.8 Å². The molecule has 0 N–H and O–H groups in total. The number of ether oxygens (including phenoxy) is 4. The number of carbonyl (C=O) groups is 2. The first-order valence-corrected chi connectivity index (χ1v) is 11.1. The fraction of sp³-hybridized carbons (Fsp3) is 0.440. The molecule has 178 valence electrons. The van der Waals surface area contributed by atoms with Crippen LogP contribution in [0.2, 0.25) is 0 Å². The predicted molar refractivity (Wildman–Crippen MR) is 124 cm³/mol. The molecular formula is C25H32N2O6. The second-order valence-corrected chi connectivity index (χ2v) is 7.83. The van der Waals surface area contributed by atoms with E-state index in [0.29, 0.717) is 55.6 Å². The highest BCUT2D eigenvalue weighted by Gasteiger charge is 2.29. The lowest BCUT2D eigenvalue weighted by molar-refractivity contribution is -0.140. The van der Waals surface area contributed by atoms with Gasteiger partial charge in [-0.3, -0.25) is 9.59 Å². The van der Waals surface area contributed by atoms with Crippen LogP contribution in [0.25, 0.3) is 0 Å². The fourth-order valence-corrected chi connectivity index (χ4v) is 3.79. The number of rotatable bonds is 8. The van der Waals surface area contributed by atoms with E-state index in [9.17, 15) is 9.59 Å². The third-order valence-electron chi connectivity index (χ3n) is 5.56. The van der Waals surface area contributed by atoms with Gasteiger partial charge >= 0.3 is 0 Å². The SMILES string of the molecule is COc1ccccc1OC(C)C(=O)N1CCCN(C(=O)C(C)Oc2ccccc2OC)CC1. The van der Waals surface area contributed by atoms with Crippen LogP contribution in [0, 0.1) is 0 Å². The molecule has 1 saturated heterocycles. The van der Waals surface area contributed by atoms with Crippen LogP contribution < -0.4 is 18.9 Å². The van der Waals surface area contributed by atoms with Crippen molar-refractivity contribution in [2.45, 2.75) is 32.5 Å². The summed E-state index contributed by atoms with van der Waals surface area (Å²) in [5.41, 5.74) is 0. The summed E-state index contributed by atoms with van der Waals surface area (Å²) in [5.74, 6) is 1.97. The largest absolute Gasteiger partial charge is 0.493 e. The third kappa shape index (κ3) is 6.09. The molecule has 1 aliphatic rings. The molecule has 2 unspecified atom stereocenters. The molecule has 2 aromatic carbocycles. The zero-order chi connectivity index (χ0) is 23.8. The van der Waals surface area contributed by atoms with Gasteiger partial charge in [-0.1, -0.05) is 24.3 Å². The molecule has 0 bridgehead atoms. The second-order valence-electron chi connectivity index (χ2n) is 7.83. The van der Waals surface area contributed by atoms with Crippen molar-refractivity contribution in [2.75, 3.05) is 40.4 Å². The number of hydrogen-bond donors (Lipinski definition) is 0. The van der Waals surface area contributed by atoms with E-state index in [1.807, 2.05) is 24.3 Å². The lowest BCUT2D eigenvalue weighted by atomic mass is 10.3. The van der Waals surface area contributed by atoms with E-state index < -0.39 is 12.2 Å². The Morgan fingerprint density at radius 2 is 1.03 bits per heavy atom. The van der Waals surface area contributed by atoms with Crippen molar-refractivity contribution in [3.05, 3.63) is 48.5 Å². The van der Waals surface area contributed by atoms with Gasteiger partial charge in [0.2, 0.25) is 0 Å². The zero-order valence-electron chi connectivity index (χ0n) is 19.7. The van der Waals surface area contributed by atoms with Crippen LogP contribution in [0.1, 0.15) is 20.3 Å². The number of hydrogen-bond acceptors (Lipinski definition) is 6. The number of para-hydroxylation sites is 4. The molecule has 1 aliphatic heterocycles. The molecule has 0 spiro atoms. The Bertz CT molecular complexity index is 874. The summed E-state index contributed by atoms with van der Waals surface area (Å²) in [6.45, 7) is 5.45. The topological polar surface area (TPSA) is 77.5 Å². The minimum Gasteiger partial charge on any atom is -0.493 e. The highest BCUT2D eigenvalue weighted by molar-refractivity contribution is 5.82. The van der Waals surface area contributed by atoms with E-state index in [0.717, 1.165) is 0 Å². The minimum absolute atomic E-state index is 0.117. The highest BCUT2D eigenvalue weighted by atomic mass is 16.5. The molecule has 2 amide bonds. The summed E-state index contributed by atoms with van der Waals surface area (Å²) in [5, 5.41) is 0. The van der Waals surface area contributed by atoms with Gasteiger partial charge in [0.05, 0.1) is 14.2 Å². The lowest BCUT2D eigenvalue weighted by Gasteiger charge is -2.26. The van der Waals surface area contributed by atoms with Crippen LogP contribution >= 0.6 is 0 Å². The summed E-state index contributed by atoms with van der Waals surface area (Å²) >= 11 is 0. The molecule has 0 saturated carbocycles. The van der Waals surface area contributed by atoms with Crippen molar-refractivity contribution in [3.8, 4) is 23.0 Å². The third-order valence-corrected chi connectivity index (χ3v) is 5.56. The molecular weight excluding hydrogens is 424 g/mol. The summed E-state index contributed by atoms with van der Waals surface area (Å²) in [7, 11) is 3.13. The van der Waals surface area contributed by atoms with Gasteiger partial charge in [-0.15, -0.1) is 0 Å². The number of amides is 2. The van der Waals surface area contributed by atoms with Crippen LogP contribution in [-0.2, 0) is 9.59 Å². The van der Waals surface area contributed by atoms with Crippen LogP contribution in [0.5, 0.6) is 23.0 Å². The van der Waals surface area contributed by atoms with Crippen LogP contribution in [0.15, 0.2) is 48.5 Å². The molecule has 33 heavy (non-hydrogen) atoms. The van der Waals surface area contributed by atoms with Gasteiger partial charge in [-0.25, -0.2) is 0 Å². The van der Waals surface area contributed by atoms with Gasteiger partial charge in [0.25, 0.3) is 11.8 Å². The zero-order valence-corrected chi connectivity index (χ0v) is 19.7. The second kappa shape index (κ2) is 11.4. The normalized spacial score (nSPS) is 15.8. The molecule has 8 nitrogen and oxygen atoms in total. The average Bonchev–Trinajstić information content (AvgIpc) is 3.10. The number of benzene rings is 2. The Labute approximate surface area is 195 Å². The standard InChI is InChI=1S/C25H32N2O6/c1-18(32-22-12-7-5-10-20(22)30-3)24(28)26-14-9-15-27(17-16-26)25(29)19(2)33-23-13-8-6-11-21(23)31-4/h5-8,10-13,18-19H,9,14-17H2,1-4H3. The highest BCUT2D eigenvalue weighted by Crippen LogP contribution is 2.28. The van der Waals surface area contributed by atoms with Crippen molar-refractivity contribution in [1.29, 1.82) is 0 Å². The summed E-state index contributed by atoms with van der Waals surface area (Å²) < 4.78 is 22.3. The molecule has 0 aromatic heterocycles. The molecule has 3 rings (SSSR count). The Hall–Kier alpha value is -3.42. The van der Waals surface area contributed by atoms with Gasteiger partial charge in [-0.05, 0) is 44.5 Å². The number of nitrogens with zero attached hydrogens (tertiary/aromatic N) is 2. The maximum atomic E-state index is 13.0. The van der Waals surface area contributed by atoms with Gasteiger partial charge < -0.3 is 28.7 Å². The van der Waals surface area contributed by atoms with Crippen LogP contribution in [0.4, 0.5) is 0 Å². The Morgan fingerprint density at radius 1 is 0.667 bits per heavy atom. The van der Waals surface area contributed by atoms with Crippen LogP contribution in [0.3, 0.4) is 0 Å². The Balaban J connectivity index is 1.56. The van der Waals surface area contributed by atoms with E-state index >= 15 is 0 Å². The Kier molecular flexibility index (Phi) is 8.40. The van der Waals surface area contributed by atoms with Gasteiger partial charge in [0.15, 0.2) is 35.2 Å². The Morgan fingerprint density at radius 3 is 1.39 bits per heavy atom. The maximum absolute atomic E-state index is 13.0. The van der Waals surface area contributed by atoms with Crippen molar-refractivity contribution in [2.24, 2.45) is 0 Å². The minimum atomic E-state index is -0.670. The first-order valence-electron chi connectivity index (χ1n) is 11.1. The fourth-order valence-electron chi connectivity index (χ4n) is 3.79. The molecule has 1 fully saturated rings. The number of carbonyl (C=O) groups excluding carboxylic acids is 2. The van der Waals surface area contributed by atoms with E-state index in [2.05, 4.69) is 0 Å².